The highest BCUT2D eigenvalue weighted by atomic mass is 16.3. The highest BCUT2D eigenvalue weighted by molar-refractivity contribution is 6.31. The molecule has 3 nitrogen and oxygen atoms in total. The Morgan fingerprint density at radius 1 is 0.885 bits per heavy atom. The van der Waals surface area contributed by atoms with Gasteiger partial charge >= 0.3 is 0 Å². The molecule has 126 valence electrons. The minimum Gasteiger partial charge on any atom is -0.506 e. The number of fused-ring (bicyclic) bond motifs is 2. The number of rotatable bonds is 1. The quantitative estimate of drug-likeness (QED) is 0.812. The van der Waals surface area contributed by atoms with Crippen molar-refractivity contribution in [2.24, 2.45) is 4.99 Å². The lowest BCUT2D eigenvalue weighted by molar-refractivity contribution is -0.113. The molecule has 1 heterocycles. The summed E-state index contributed by atoms with van der Waals surface area (Å²) in [6, 6.07) is 15.9. The van der Waals surface area contributed by atoms with Gasteiger partial charge in [-0.15, -0.1) is 0 Å². The summed E-state index contributed by atoms with van der Waals surface area (Å²) in [5, 5.41) is 13.0. The van der Waals surface area contributed by atoms with Gasteiger partial charge < -0.3 is 5.11 Å². The predicted molar refractivity (Wildman–Crippen MR) is 103 cm³/mol. The van der Waals surface area contributed by atoms with Crippen molar-refractivity contribution in [2.75, 3.05) is 0 Å². The number of ketones is 1. The number of nitrogens with zero attached hydrogens (tertiary/aromatic N) is 1. The van der Waals surface area contributed by atoms with E-state index in [1.807, 2.05) is 49.4 Å². The summed E-state index contributed by atoms with van der Waals surface area (Å²) in [4.78, 5) is 17.6. The lowest BCUT2D eigenvalue weighted by atomic mass is 9.80. The SMILES string of the molecule is CC1=NC(=C2C(=O)C(C3=c4ccccc4=C(C)C3)=C2O)c2ccccc21. The molecule has 1 N–H and O–H groups in total. The molecule has 0 bridgehead atoms. The molecule has 3 aliphatic rings. The predicted octanol–water partition coefficient (Wildman–Crippen LogP) is 3.04. The maximum absolute atomic E-state index is 13.0. The molecular weight excluding hydrogens is 322 g/mol. The highest BCUT2D eigenvalue weighted by Gasteiger charge is 2.40. The van der Waals surface area contributed by atoms with E-state index < -0.39 is 0 Å². The molecule has 2 aromatic carbocycles. The first-order valence-electron chi connectivity index (χ1n) is 8.74. The zero-order chi connectivity index (χ0) is 18.0. The van der Waals surface area contributed by atoms with Crippen LogP contribution in [0.3, 0.4) is 0 Å². The summed E-state index contributed by atoms with van der Waals surface area (Å²) < 4.78 is 0. The molecule has 0 saturated carbocycles. The van der Waals surface area contributed by atoms with Crippen LogP contribution in [0.1, 0.15) is 31.4 Å². The van der Waals surface area contributed by atoms with E-state index in [0.717, 1.165) is 32.8 Å². The molecule has 0 atom stereocenters. The lowest BCUT2D eigenvalue weighted by Gasteiger charge is -2.24. The summed E-state index contributed by atoms with van der Waals surface area (Å²) >= 11 is 0. The third kappa shape index (κ3) is 1.83. The van der Waals surface area contributed by atoms with Crippen LogP contribution >= 0.6 is 0 Å². The van der Waals surface area contributed by atoms with Crippen molar-refractivity contribution < 1.29 is 9.90 Å². The zero-order valence-corrected chi connectivity index (χ0v) is 14.6. The largest absolute Gasteiger partial charge is 0.506 e. The van der Waals surface area contributed by atoms with Gasteiger partial charge in [0, 0.05) is 16.8 Å². The van der Waals surface area contributed by atoms with Crippen LogP contribution in [0.4, 0.5) is 0 Å². The third-order valence-electron chi connectivity index (χ3n) is 5.47. The molecule has 2 aliphatic carbocycles. The van der Waals surface area contributed by atoms with Crippen molar-refractivity contribution in [3.05, 3.63) is 87.0 Å². The van der Waals surface area contributed by atoms with Gasteiger partial charge in [0.2, 0.25) is 5.78 Å². The van der Waals surface area contributed by atoms with E-state index in [1.54, 1.807) is 0 Å². The molecule has 0 unspecified atom stereocenters. The summed E-state index contributed by atoms with van der Waals surface area (Å²) in [6.45, 7) is 4.00. The normalized spacial score (nSPS) is 21.0. The minimum absolute atomic E-state index is 0.0813. The fraction of sp³-hybridized carbons (Fsp3) is 0.130. The monoisotopic (exact) mass is 339 g/mol. The molecule has 26 heavy (non-hydrogen) atoms. The average molecular weight is 339 g/mol. The molecule has 0 aromatic heterocycles. The van der Waals surface area contributed by atoms with Crippen molar-refractivity contribution in [1.82, 2.24) is 0 Å². The number of benzene rings is 2. The Kier molecular flexibility index (Phi) is 2.99. The van der Waals surface area contributed by atoms with Crippen LogP contribution in [0.25, 0.3) is 16.8 Å². The Hall–Kier alpha value is -3.20. The van der Waals surface area contributed by atoms with E-state index in [9.17, 15) is 9.90 Å². The molecule has 0 radical (unpaired) electrons. The molecule has 1 aliphatic heterocycles. The van der Waals surface area contributed by atoms with Crippen LogP contribution in [-0.2, 0) is 4.79 Å². The number of allylic oxidation sites excluding steroid dienone is 2. The van der Waals surface area contributed by atoms with Gasteiger partial charge in [0.25, 0.3) is 0 Å². The highest BCUT2D eigenvalue weighted by Crippen LogP contribution is 2.43. The number of carbonyl (C=O) groups excluding carboxylic acids is 1. The van der Waals surface area contributed by atoms with Gasteiger partial charge in [-0.25, -0.2) is 0 Å². The van der Waals surface area contributed by atoms with Crippen molar-refractivity contribution in [1.29, 1.82) is 0 Å². The fourth-order valence-corrected chi connectivity index (χ4v) is 4.18. The van der Waals surface area contributed by atoms with Gasteiger partial charge in [-0.3, -0.25) is 9.79 Å². The van der Waals surface area contributed by atoms with Crippen LogP contribution in [0, 0.1) is 0 Å². The number of aliphatic hydroxyl groups is 1. The first-order valence-corrected chi connectivity index (χ1v) is 8.74. The van der Waals surface area contributed by atoms with Crippen LogP contribution in [0.15, 0.2) is 70.4 Å². The second-order valence-corrected chi connectivity index (χ2v) is 7.00. The summed E-state index contributed by atoms with van der Waals surface area (Å²) in [5.41, 5.74) is 6.36. The zero-order valence-electron chi connectivity index (χ0n) is 14.6. The Morgan fingerprint density at radius 2 is 1.54 bits per heavy atom. The van der Waals surface area contributed by atoms with Gasteiger partial charge in [0.1, 0.15) is 5.76 Å². The molecule has 0 fully saturated rings. The van der Waals surface area contributed by atoms with Crippen molar-refractivity contribution in [3.63, 3.8) is 0 Å². The molecular formula is C23H17NO2. The van der Waals surface area contributed by atoms with Gasteiger partial charge in [-0.2, -0.15) is 0 Å². The Labute approximate surface area is 151 Å². The van der Waals surface area contributed by atoms with E-state index in [0.29, 0.717) is 23.3 Å². The molecule has 3 heteroatoms. The van der Waals surface area contributed by atoms with Crippen LogP contribution in [0.5, 0.6) is 0 Å². The molecule has 0 saturated heterocycles. The second-order valence-electron chi connectivity index (χ2n) is 7.00. The molecule has 5 rings (SSSR count). The van der Waals surface area contributed by atoms with E-state index >= 15 is 0 Å². The summed E-state index contributed by atoms with van der Waals surface area (Å²) in [6.07, 6.45) is 0.700. The van der Waals surface area contributed by atoms with Crippen LogP contribution in [-0.4, -0.2) is 16.6 Å². The summed E-state index contributed by atoms with van der Waals surface area (Å²) in [5.74, 6) is -0.0250. The minimum atomic E-state index is -0.106. The van der Waals surface area contributed by atoms with Crippen molar-refractivity contribution >= 4 is 28.3 Å². The van der Waals surface area contributed by atoms with Crippen molar-refractivity contribution in [2.45, 2.75) is 20.3 Å². The standard InChI is InChI=1S/C23H17NO2/c1-12-11-18(16-9-5-3-7-14(12)16)19-22(25)20(23(19)26)21-17-10-6-4-8-15(17)13(2)24-21/h3-10,25H,11H2,1-2H3. The maximum Gasteiger partial charge on any atom is 0.203 e. The van der Waals surface area contributed by atoms with E-state index in [-0.39, 0.29) is 11.5 Å². The third-order valence-corrected chi connectivity index (χ3v) is 5.47. The van der Waals surface area contributed by atoms with Gasteiger partial charge in [0.05, 0.1) is 16.8 Å². The van der Waals surface area contributed by atoms with Crippen molar-refractivity contribution in [3.8, 4) is 0 Å². The first kappa shape index (κ1) is 15.1. The number of hydrogen-bond donors (Lipinski definition) is 1. The molecule has 2 aromatic rings. The fourth-order valence-electron chi connectivity index (χ4n) is 4.18. The van der Waals surface area contributed by atoms with Gasteiger partial charge in [-0.05, 0) is 36.3 Å². The first-order chi connectivity index (χ1) is 12.6. The Morgan fingerprint density at radius 3 is 2.27 bits per heavy atom. The number of aliphatic hydroxyl groups excluding tert-OH is 1. The summed E-state index contributed by atoms with van der Waals surface area (Å²) in [7, 11) is 0. The average Bonchev–Trinajstić information content (AvgIpc) is 3.14. The van der Waals surface area contributed by atoms with E-state index in [2.05, 4.69) is 18.0 Å². The Balaban J connectivity index is 1.74. The molecule has 0 amide bonds. The van der Waals surface area contributed by atoms with Crippen LogP contribution < -0.4 is 10.4 Å². The second kappa shape index (κ2) is 5.15. The van der Waals surface area contributed by atoms with Gasteiger partial charge in [0.15, 0.2) is 0 Å². The maximum atomic E-state index is 13.0. The smallest absolute Gasteiger partial charge is 0.203 e. The number of hydrogen-bond acceptors (Lipinski definition) is 3. The Bertz CT molecular complexity index is 1240. The number of carbonyl (C=O) groups is 1. The molecule has 0 spiro atoms. The van der Waals surface area contributed by atoms with E-state index in [4.69, 9.17) is 0 Å². The van der Waals surface area contributed by atoms with Crippen LogP contribution in [0.2, 0.25) is 0 Å². The lowest BCUT2D eigenvalue weighted by Crippen LogP contribution is -2.29. The topological polar surface area (TPSA) is 49.7 Å². The number of aliphatic imine (C=N–C) groups is 1. The number of Topliss-reactive ketones (excluding diaryl/α,β-unsaturated/α-hetero) is 1. The van der Waals surface area contributed by atoms with Gasteiger partial charge in [-0.1, -0.05) is 54.1 Å². The van der Waals surface area contributed by atoms with E-state index in [1.165, 1.54) is 5.57 Å².